The summed E-state index contributed by atoms with van der Waals surface area (Å²) in [5, 5.41) is 8.69. The summed E-state index contributed by atoms with van der Waals surface area (Å²) < 4.78 is 4.08. The second kappa shape index (κ2) is 7.24. The molecule has 1 atom stereocenters. The lowest BCUT2D eigenvalue weighted by Gasteiger charge is -2.21. The van der Waals surface area contributed by atoms with Gasteiger partial charge < -0.3 is 5.32 Å². The van der Waals surface area contributed by atoms with Crippen LogP contribution in [-0.2, 0) is 6.54 Å². The van der Waals surface area contributed by atoms with E-state index in [0.717, 1.165) is 37.4 Å². The topological polar surface area (TPSA) is 29.9 Å². The van der Waals surface area contributed by atoms with Gasteiger partial charge in [0.15, 0.2) is 0 Å². The molecule has 2 aromatic rings. The van der Waals surface area contributed by atoms with Gasteiger partial charge in [0.25, 0.3) is 0 Å². The van der Waals surface area contributed by atoms with Crippen molar-refractivity contribution >= 4 is 50.1 Å². The van der Waals surface area contributed by atoms with Crippen LogP contribution >= 0.6 is 50.1 Å². The van der Waals surface area contributed by atoms with Gasteiger partial charge in [-0.05, 0) is 69.7 Å². The maximum absolute atomic E-state index is 6.26. The molecule has 0 radical (unpaired) electrons. The fourth-order valence-corrected chi connectivity index (χ4v) is 3.23. The van der Waals surface area contributed by atoms with E-state index in [1.165, 1.54) is 0 Å². The van der Waals surface area contributed by atoms with Crippen molar-refractivity contribution in [2.75, 3.05) is 6.54 Å². The van der Waals surface area contributed by atoms with Crippen LogP contribution in [0.5, 0.6) is 0 Å². The maximum atomic E-state index is 6.26. The first-order valence-corrected chi connectivity index (χ1v) is 8.73. The van der Waals surface area contributed by atoms with Gasteiger partial charge in [-0.3, -0.25) is 4.68 Å². The van der Waals surface area contributed by atoms with E-state index in [1.54, 1.807) is 0 Å². The van der Waals surface area contributed by atoms with Gasteiger partial charge in [0.2, 0.25) is 0 Å². The van der Waals surface area contributed by atoms with E-state index >= 15 is 0 Å². The highest BCUT2D eigenvalue weighted by Crippen LogP contribution is 2.31. The Morgan fingerprint density at radius 1 is 1.45 bits per heavy atom. The number of nitrogens with zero attached hydrogens (tertiary/aromatic N) is 2. The summed E-state index contributed by atoms with van der Waals surface area (Å²) in [4.78, 5) is 0. The quantitative estimate of drug-likeness (QED) is 0.649. The highest BCUT2D eigenvalue weighted by molar-refractivity contribution is 14.1. The van der Waals surface area contributed by atoms with Crippen molar-refractivity contribution in [2.45, 2.75) is 26.4 Å². The molecule has 1 aromatic heterocycles. The monoisotopic (exact) mass is 467 g/mol. The van der Waals surface area contributed by atoms with Gasteiger partial charge in [0.1, 0.15) is 0 Å². The zero-order chi connectivity index (χ0) is 14.7. The summed E-state index contributed by atoms with van der Waals surface area (Å²) in [6, 6.07) is 6.26. The SMILES string of the molecule is CCNC(c1ccc(I)c(Cl)c1)c1c(Br)cnn1CC. The molecule has 0 fully saturated rings. The molecule has 0 saturated heterocycles. The van der Waals surface area contributed by atoms with Crippen molar-refractivity contribution in [3.63, 3.8) is 0 Å². The standard InChI is InChI=1S/C14H16BrClIN3/c1-3-18-13(9-5-6-12(17)11(16)7-9)14-10(15)8-19-20(14)4-2/h5-8,13,18H,3-4H2,1-2H3. The van der Waals surface area contributed by atoms with E-state index in [9.17, 15) is 0 Å². The minimum absolute atomic E-state index is 0.0753. The van der Waals surface area contributed by atoms with Crippen LogP contribution in [0.4, 0.5) is 0 Å². The fraction of sp³-hybridized carbons (Fsp3) is 0.357. The molecule has 0 saturated carbocycles. The normalized spacial score (nSPS) is 12.7. The van der Waals surface area contributed by atoms with E-state index < -0.39 is 0 Å². The van der Waals surface area contributed by atoms with Crippen LogP contribution < -0.4 is 5.32 Å². The first-order valence-electron chi connectivity index (χ1n) is 6.48. The van der Waals surface area contributed by atoms with Gasteiger partial charge in [-0.25, -0.2) is 0 Å². The van der Waals surface area contributed by atoms with Crippen molar-refractivity contribution < 1.29 is 0 Å². The molecular weight excluding hydrogens is 452 g/mol. The average Bonchev–Trinajstić information content (AvgIpc) is 2.80. The van der Waals surface area contributed by atoms with Crippen molar-refractivity contribution in [2.24, 2.45) is 0 Å². The molecule has 1 unspecified atom stereocenters. The molecule has 0 aliphatic rings. The Balaban J connectivity index is 2.49. The summed E-state index contributed by atoms with van der Waals surface area (Å²) in [6.07, 6.45) is 1.84. The Hall–Kier alpha value is -0.110. The maximum Gasteiger partial charge on any atom is 0.0760 e. The van der Waals surface area contributed by atoms with Crippen molar-refractivity contribution in [3.8, 4) is 0 Å². The average molecular weight is 469 g/mol. The molecule has 1 N–H and O–H groups in total. The largest absolute Gasteiger partial charge is 0.305 e. The molecule has 0 aliphatic carbocycles. The van der Waals surface area contributed by atoms with Gasteiger partial charge in [0.05, 0.1) is 27.4 Å². The minimum atomic E-state index is 0.0753. The van der Waals surface area contributed by atoms with E-state index in [4.69, 9.17) is 11.6 Å². The number of hydrogen-bond acceptors (Lipinski definition) is 2. The molecule has 0 bridgehead atoms. The molecule has 108 valence electrons. The van der Waals surface area contributed by atoms with Crippen LogP contribution in [0.3, 0.4) is 0 Å². The zero-order valence-corrected chi connectivity index (χ0v) is 15.8. The van der Waals surface area contributed by atoms with Gasteiger partial charge in [-0.2, -0.15) is 5.10 Å². The Bertz CT molecular complexity index is 600. The van der Waals surface area contributed by atoms with Crippen LogP contribution in [0.1, 0.15) is 31.1 Å². The number of benzene rings is 1. The Morgan fingerprint density at radius 2 is 2.20 bits per heavy atom. The van der Waals surface area contributed by atoms with Crippen LogP contribution in [0.2, 0.25) is 5.02 Å². The van der Waals surface area contributed by atoms with Crippen LogP contribution in [0.25, 0.3) is 0 Å². The third-order valence-electron chi connectivity index (χ3n) is 3.09. The van der Waals surface area contributed by atoms with Gasteiger partial charge in [0, 0.05) is 10.1 Å². The molecule has 6 heteroatoms. The van der Waals surface area contributed by atoms with Crippen LogP contribution in [0.15, 0.2) is 28.9 Å². The number of rotatable bonds is 5. The number of hydrogen-bond donors (Lipinski definition) is 1. The van der Waals surface area contributed by atoms with Crippen LogP contribution in [-0.4, -0.2) is 16.3 Å². The van der Waals surface area contributed by atoms with Crippen molar-refractivity contribution in [1.29, 1.82) is 0 Å². The second-order valence-corrected chi connectivity index (χ2v) is 6.78. The highest BCUT2D eigenvalue weighted by Gasteiger charge is 2.21. The lowest BCUT2D eigenvalue weighted by atomic mass is 10.0. The van der Waals surface area contributed by atoms with Gasteiger partial charge >= 0.3 is 0 Å². The molecule has 3 nitrogen and oxygen atoms in total. The third kappa shape index (κ3) is 3.37. The third-order valence-corrected chi connectivity index (χ3v) is 5.27. The lowest BCUT2D eigenvalue weighted by molar-refractivity contribution is 0.541. The number of nitrogens with one attached hydrogen (secondary N) is 1. The smallest absolute Gasteiger partial charge is 0.0760 e. The second-order valence-electron chi connectivity index (χ2n) is 4.36. The summed E-state index contributed by atoms with van der Waals surface area (Å²) >= 11 is 12.1. The molecule has 1 aromatic carbocycles. The number of aryl methyl sites for hydroxylation is 1. The minimum Gasteiger partial charge on any atom is -0.305 e. The Labute approximate surface area is 146 Å². The molecule has 0 spiro atoms. The first kappa shape index (κ1) is 16.3. The predicted molar refractivity (Wildman–Crippen MR) is 95.3 cm³/mol. The molecule has 2 rings (SSSR count). The van der Waals surface area contributed by atoms with Crippen molar-refractivity contribution in [1.82, 2.24) is 15.1 Å². The number of aromatic nitrogens is 2. The molecule has 0 aliphatic heterocycles. The number of halogens is 3. The molecule has 20 heavy (non-hydrogen) atoms. The first-order chi connectivity index (χ1) is 9.58. The van der Waals surface area contributed by atoms with E-state index in [1.807, 2.05) is 23.0 Å². The van der Waals surface area contributed by atoms with E-state index in [2.05, 4.69) is 68.9 Å². The lowest BCUT2D eigenvalue weighted by Crippen LogP contribution is -2.25. The zero-order valence-electron chi connectivity index (χ0n) is 11.3. The summed E-state index contributed by atoms with van der Waals surface area (Å²) in [7, 11) is 0. The molecular formula is C14H16BrClIN3. The van der Waals surface area contributed by atoms with Crippen molar-refractivity contribution in [3.05, 3.63) is 48.7 Å². The Morgan fingerprint density at radius 3 is 2.80 bits per heavy atom. The predicted octanol–water partition coefficient (Wildman–Crippen LogP) is 4.62. The van der Waals surface area contributed by atoms with E-state index in [0.29, 0.717) is 0 Å². The van der Waals surface area contributed by atoms with E-state index in [-0.39, 0.29) is 6.04 Å². The molecule has 0 amide bonds. The summed E-state index contributed by atoms with van der Waals surface area (Å²) in [5.41, 5.74) is 2.28. The summed E-state index contributed by atoms with van der Waals surface area (Å²) in [5.74, 6) is 0. The van der Waals surface area contributed by atoms with Gasteiger partial charge in [-0.15, -0.1) is 0 Å². The summed E-state index contributed by atoms with van der Waals surface area (Å²) in [6.45, 7) is 5.89. The van der Waals surface area contributed by atoms with Gasteiger partial charge in [-0.1, -0.05) is 24.6 Å². The fourth-order valence-electron chi connectivity index (χ4n) is 2.18. The highest BCUT2D eigenvalue weighted by atomic mass is 127. The van der Waals surface area contributed by atoms with Crippen LogP contribution in [0, 0.1) is 3.57 Å². The Kier molecular flexibility index (Phi) is 5.89. The molecule has 1 heterocycles.